The Balaban J connectivity index is 2.37. The van der Waals surface area contributed by atoms with Crippen molar-refractivity contribution in [3.8, 4) is 11.6 Å². The second kappa shape index (κ2) is 5.73. The van der Waals surface area contributed by atoms with Crippen LogP contribution in [0.5, 0.6) is 11.6 Å². The van der Waals surface area contributed by atoms with E-state index in [1.54, 1.807) is 11.8 Å². The molecule has 1 aromatic carbocycles. The maximum Gasteiger partial charge on any atom is 0.227 e. The van der Waals surface area contributed by atoms with Crippen LogP contribution in [0.2, 0.25) is 0 Å². The summed E-state index contributed by atoms with van der Waals surface area (Å²) in [6, 6.07) is 7.85. The first-order valence-corrected chi connectivity index (χ1v) is 6.89. The average molecular weight is 261 g/mol. The minimum absolute atomic E-state index is 0.476. The summed E-state index contributed by atoms with van der Waals surface area (Å²) in [5.74, 6) is 1.80. The Morgan fingerprint density at radius 1 is 1.28 bits per heavy atom. The van der Waals surface area contributed by atoms with Crippen LogP contribution in [-0.2, 0) is 6.42 Å². The summed E-state index contributed by atoms with van der Waals surface area (Å²) in [6.45, 7) is 2.00. The highest BCUT2D eigenvalue weighted by Gasteiger charge is 2.11. The lowest BCUT2D eigenvalue weighted by Gasteiger charge is -2.12. The van der Waals surface area contributed by atoms with E-state index in [9.17, 15) is 0 Å². The Morgan fingerprint density at radius 2 is 2.06 bits per heavy atom. The summed E-state index contributed by atoms with van der Waals surface area (Å²) < 4.78 is 5.85. The van der Waals surface area contributed by atoms with Gasteiger partial charge in [0.25, 0.3) is 0 Å². The van der Waals surface area contributed by atoms with E-state index in [-0.39, 0.29) is 0 Å². The Labute approximate surface area is 111 Å². The van der Waals surface area contributed by atoms with E-state index in [2.05, 4.69) is 9.97 Å². The fourth-order valence-corrected chi connectivity index (χ4v) is 2.16. The second-order valence-corrected chi connectivity index (χ2v) is 4.50. The quantitative estimate of drug-likeness (QED) is 0.857. The van der Waals surface area contributed by atoms with Crippen molar-refractivity contribution >= 4 is 17.6 Å². The normalized spacial score (nSPS) is 10.3. The first kappa shape index (κ1) is 12.7. The molecule has 1 aromatic heterocycles. The number of nitrogen functional groups attached to an aromatic ring is 1. The SMILES string of the molecule is CCc1c(N)ncnc1Oc1ccccc1SC. The number of nitrogens with two attached hydrogens (primary N) is 1. The maximum absolute atomic E-state index is 5.85. The van der Waals surface area contributed by atoms with Gasteiger partial charge in [0.2, 0.25) is 5.88 Å². The number of rotatable bonds is 4. The zero-order chi connectivity index (χ0) is 13.0. The van der Waals surface area contributed by atoms with Gasteiger partial charge >= 0.3 is 0 Å². The number of ether oxygens (including phenoxy) is 1. The molecule has 0 saturated heterocycles. The van der Waals surface area contributed by atoms with E-state index in [0.717, 1.165) is 22.6 Å². The molecule has 18 heavy (non-hydrogen) atoms. The van der Waals surface area contributed by atoms with Crippen LogP contribution in [0.15, 0.2) is 35.5 Å². The Hall–Kier alpha value is -1.75. The van der Waals surface area contributed by atoms with Gasteiger partial charge in [-0.15, -0.1) is 11.8 Å². The molecular weight excluding hydrogens is 246 g/mol. The molecule has 94 valence electrons. The Bertz CT molecular complexity index is 546. The number of para-hydroxylation sites is 1. The molecule has 0 radical (unpaired) electrons. The van der Waals surface area contributed by atoms with Gasteiger partial charge in [0, 0.05) is 4.90 Å². The molecule has 0 saturated carbocycles. The van der Waals surface area contributed by atoms with Crippen molar-refractivity contribution in [2.24, 2.45) is 0 Å². The van der Waals surface area contributed by atoms with Gasteiger partial charge in [-0.25, -0.2) is 9.97 Å². The molecule has 0 aliphatic carbocycles. The molecule has 0 atom stereocenters. The first-order chi connectivity index (χ1) is 8.76. The summed E-state index contributed by atoms with van der Waals surface area (Å²) >= 11 is 1.63. The molecule has 0 bridgehead atoms. The van der Waals surface area contributed by atoms with Crippen LogP contribution < -0.4 is 10.5 Å². The second-order valence-electron chi connectivity index (χ2n) is 3.65. The fourth-order valence-electron chi connectivity index (χ4n) is 1.64. The van der Waals surface area contributed by atoms with E-state index >= 15 is 0 Å². The molecule has 0 amide bonds. The molecule has 0 aliphatic rings. The molecule has 2 rings (SSSR count). The van der Waals surface area contributed by atoms with Gasteiger partial charge in [-0.1, -0.05) is 19.1 Å². The Morgan fingerprint density at radius 3 is 2.78 bits per heavy atom. The van der Waals surface area contributed by atoms with Crippen molar-refractivity contribution in [1.29, 1.82) is 0 Å². The number of benzene rings is 1. The van der Waals surface area contributed by atoms with Gasteiger partial charge in [0.1, 0.15) is 17.9 Å². The van der Waals surface area contributed by atoms with Gasteiger partial charge in [0.05, 0.1) is 5.56 Å². The largest absolute Gasteiger partial charge is 0.437 e. The average Bonchev–Trinajstić information content (AvgIpc) is 2.40. The first-order valence-electron chi connectivity index (χ1n) is 5.66. The number of nitrogens with zero attached hydrogens (tertiary/aromatic N) is 2. The van der Waals surface area contributed by atoms with Crippen LogP contribution in [-0.4, -0.2) is 16.2 Å². The highest BCUT2D eigenvalue weighted by atomic mass is 32.2. The van der Waals surface area contributed by atoms with E-state index < -0.39 is 0 Å². The van der Waals surface area contributed by atoms with Crippen LogP contribution in [0.3, 0.4) is 0 Å². The van der Waals surface area contributed by atoms with Crippen LogP contribution in [0, 0.1) is 0 Å². The van der Waals surface area contributed by atoms with Crippen LogP contribution >= 0.6 is 11.8 Å². The lowest BCUT2D eigenvalue weighted by molar-refractivity contribution is 0.445. The van der Waals surface area contributed by atoms with Gasteiger partial charge in [-0.3, -0.25) is 0 Å². The van der Waals surface area contributed by atoms with Crippen molar-refractivity contribution in [3.63, 3.8) is 0 Å². The topological polar surface area (TPSA) is 61.0 Å². The Kier molecular flexibility index (Phi) is 4.04. The van der Waals surface area contributed by atoms with Crippen molar-refractivity contribution in [1.82, 2.24) is 9.97 Å². The zero-order valence-electron chi connectivity index (χ0n) is 10.4. The van der Waals surface area contributed by atoms with Crippen LogP contribution in [0.4, 0.5) is 5.82 Å². The molecule has 0 unspecified atom stereocenters. The number of hydrogen-bond acceptors (Lipinski definition) is 5. The third kappa shape index (κ3) is 2.56. The number of thioether (sulfide) groups is 1. The minimum atomic E-state index is 0.476. The smallest absolute Gasteiger partial charge is 0.227 e. The summed E-state index contributed by atoms with van der Waals surface area (Å²) in [6.07, 6.45) is 4.17. The molecule has 2 aromatic rings. The molecule has 0 spiro atoms. The third-order valence-electron chi connectivity index (χ3n) is 2.57. The van der Waals surface area contributed by atoms with Crippen molar-refractivity contribution < 1.29 is 4.74 Å². The van der Waals surface area contributed by atoms with E-state index in [1.165, 1.54) is 6.33 Å². The lowest BCUT2D eigenvalue weighted by atomic mass is 10.2. The van der Waals surface area contributed by atoms with Gasteiger partial charge in [-0.05, 0) is 24.8 Å². The van der Waals surface area contributed by atoms with Gasteiger partial charge in [0.15, 0.2) is 0 Å². The molecular formula is C13H15N3OS. The highest BCUT2D eigenvalue weighted by molar-refractivity contribution is 7.98. The predicted molar refractivity (Wildman–Crippen MR) is 74.1 cm³/mol. The van der Waals surface area contributed by atoms with Crippen molar-refractivity contribution in [2.75, 3.05) is 12.0 Å². The number of anilines is 1. The number of aromatic nitrogens is 2. The minimum Gasteiger partial charge on any atom is -0.437 e. The monoisotopic (exact) mass is 261 g/mol. The summed E-state index contributed by atoms with van der Waals surface area (Å²) in [7, 11) is 0. The van der Waals surface area contributed by atoms with Crippen LogP contribution in [0.25, 0.3) is 0 Å². The van der Waals surface area contributed by atoms with Crippen molar-refractivity contribution in [2.45, 2.75) is 18.2 Å². The van der Waals surface area contributed by atoms with E-state index in [0.29, 0.717) is 11.7 Å². The molecule has 2 N–H and O–H groups in total. The molecule has 5 heteroatoms. The summed E-state index contributed by atoms with van der Waals surface area (Å²) in [5, 5.41) is 0. The maximum atomic E-state index is 5.85. The molecule has 0 aliphatic heterocycles. The lowest BCUT2D eigenvalue weighted by Crippen LogP contribution is -2.02. The molecule has 0 fully saturated rings. The van der Waals surface area contributed by atoms with Crippen LogP contribution in [0.1, 0.15) is 12.5 Å². The third-order valence-corrected chi connectivity index (χ3v) is 3.35. The highest BCUT2D eigenvalue weighted by Crippen LogP contribution is 2.32. The molecule has 4 nitrogen and oxygen atoms in total. The zero-order valence-corrected chi connectivity index (χ0v) is 11.2. The van der Waals surface area contributed by atoms with Gasteiger partial charge < -0.3 is 10.5 Å². The summed E-state index contributed by atoms with van der Waals surface area (Å²) in [4.78, 5) is 9.20. The molecule has 1 heterocycles. The van der Waals surface area contributed by atoms with E-state index in [4.69, 9.17) is 10.5 Å². The standard InChI is InChI=1S/C13H15N3OS/c1-3-9-12(14)15-8-16-13(9)17-10-6-4-5-7-11(10)18-2/h4-8H,3H2,1-2H3,(H2,14,15,16). The van der Waals surface area contributed by atoms with Gasteiger partial charge in [-0.2, -0.15) is 0 Å². The summed E-state index contributed by atoms with van der Waals surface area (Å²) in [5.41, 5.74) is 6.66. The van der Waals surface area contributed by atoms with E-state index in [1.807, 2.05) is 37.4 Å². The predicted octanol–water partition coefficient (Wildman–Crippen LogP) is 3.14. The fraction of sp³-hybridized carbons (Fsp3) is 0.231. The number of hydrogen-bond donors (Lipinski definition) is 1. The van der Waals surface area contributed by atoms with Crippen molar-refractivity contribution in [3.05, 3.63) is 36.2 Å².